The van der Waals surface area contributed by atoms with Gasteiger partial charge in [-0.3, -0.25) is 10.2 Å². The Hall–Kier alpha value is -3.96. The summed E-state index contributed by atoms with van der Waals surface area (Å²) in [6.07, 6.45) is 6.20. The topological polar surface area (TPSA) is 95.3 Å². The van der Waals surface area contributed by atoms with Crippen molar-refractivity contribution in [1.82, 2.24) is 24.4 Å². The van der Waals surface area contributed by atoms with Crippen molar-refractivity contribution in [2.45, 2.75) is 63.6 Å². The fourth-order valence-electron chi connectivity index (χ4n) is 6.17. The SMILES string of the molecule is CCCCOC(=O)N1C2CCC1CN(C(=O)Nc1cnc3ccc(N4CCC[C@@H]4c4cc(F)ccc4F)nn13)C2. The lowest BCUT2D eigenvalue weighted by molar-refractivity contribution is 0.0517. The Bertz CT molecular complexity index is 1400. The number of aromatic nitrogens is 3. The van der Waals surface area contributed by atoms with Gasteiger partial charge in [-0.05, 0) is 62.4 Å². The number of fused-ring (bicyclic) bond motifs is 3. The van der Waals surface area contributed by atoms with E-state index in [0.29, 0.717) is 55.5 Å². The van der Waals surface area contributed by atoms with Crippen LogP contribution in [0.5, 0.6) is 0 Å². The Morgan fingerprint density at radius 3 is 2.67 bits per heavy atom. The fraction of sp³-hybridized carbons (Fsp3) is 0.500. The molecule has 12 heteroatoms. The van der Waals surface area contributed by atoms with E-state index in [0.717, 1.165) is 44.2 Å². The number of nitrogens with zero attached hydrogens (tertiary/aromatic N) is 6. The molecule has 0 spiro atoms. The number of unbranched alkanes of at least 4 members (excludes halogenated alkanes) is 1. The summed E-state index contributed by atoms with van der Waals surface area (Å²) in [5, 5.41) is 7.65. The average Bonchev–Trinajstić information content (AvgIpc) is 3.66. The van der Waals surface area contributed by atoms with E-state index in [-0.39, 0.29) is 30.2 Å². The van der Waals surface area contributed by atoms with Gasteiger partial charge in [0.1, 0.15) is 17.5 Å². The van der Waals surface area contributed by atoms with E-state index in [1.807, 2.05) is 11.8 Å². The van der Waals surface area contributed by atoms with Gasteiger partial charge in [0.15, 0.2) is 11.5 Å². The molecule has 1 N–H and O–H groups in total. The Morgan fingerprint density at radius 1 is 1.10 bits per heavy atom. The molecule has 2 unspecified atom stereocenters. The van der Waals surface area contributed by atoms with E-state index in [1.54, 1.807) is 32.6 Å². The van der Waals surface area contributed by atoms with Crippen LogP contribution in [0.1, 0.15) is 57.1 Å². The lowest BCUT2D eigenvalue weighted by Gasteiger charge is -2.40. The summed E-state index contributed by atoms with van der Waals surface area (Å²) in [4.78, 5) is 35.8. The summed E-state index contributed by atoms with van der Waals surface area (Å²) in [6, 6.07) is 6.35. The van der Waals surface area contributed by atoms with Crippen molar-refractivity contribution in [3.8, 4) is 0 Å². The molecule has 3 atom stereocenters. The minimum absolute atomic E-state index is 0.0687. The van der Waals surface area contributed by atoms with Gasteiger partial charge in [-0.1, -0.05) is 13.3 Å². The number of carbonyl (C=O) groups excluding carboxylic acids is 2. The third-order valence-corrected chi connectivity index (χ3v) is 8.15. The molecule has 40 heavy (non-hydrogen) atoms. The summed E-state index contributed by atoms with van der Waals surface area (Å²) in [6.45, 7) is 3.95. The Labute approximate surface area is 230 Å². The van der Waals surface area contributed by atoms with Crippen LogP contribution in [-0.2, 0) is 4.74 Å². The molecule has 10 nitrogen and oxygen atoms in total. The molecule has 0 aliphatic carbocycles. The van der Waals surface area contributed by atoms with Gasteiger partial charge in [-0.2, -0.15) is 4.52 Å². The predicted molar refractivity (Wildman–Crippen MR) is 144 cm³/mol. The molecular weight excluding hydrogens is 520 g/mol. The first-order valence-corrected chi connectivity index (χ1v) is 14.0. The monoisotopic (exact) mass is 553 g/mol. The highest BCUT2D eigenvalue weighted by Crippen LogP contribution is 2.37. The second-order valence-electron chi connectivity index (χ2n) is 10.7. The van der Waals surface area contributed by atoms with Gasteiger partial charge in [0.25, 0.3) is 0 Å². The number of anilines is 2. The number of amides is 3. The molecular formula is C28H33F2N7O3. The van der Waals surface area contributed by atoms with Crippen LogP contribution >= 0.6 is 0 Å². The van der Waals surface area contributed by atoms with Gasteiger partial charge in [-0.25, -0.2) is 23.4 Å². The van der Waals surface area contributed by atoms with Crippen LogP contribution in [0.2, 0.25) is 0 Å². The van der Waals surface area contributed by atoms with Crippen molar-refractivity contribution in [3.63, 3.8) is 0 Å². The third-order valence-electron chi connectivity index (χ3n) is 8.15. The van der Waals surface area contributed by atoms with Gasteiger partial charge < -0.3 is 14.5 Å². The maximum atomic E-state index is 14.6. The zero-order valence-electron chi connectivity index (χ0n) is 22.4. The molecule has 3 aliphatic rings. The summed E-state index contributed by atoms with van der Waals surface area (Å²) in [5.41, 5.74) is 0.855. The Balaban J connectivity index is 1.16. The second kappa shape index (κ2) is 10.9. The number of nitrogens with one attached hydrogen (secondary N) is 1. The molecule has 3 aromatic rings. The van der Waals surface area contributed by atoms with Gasteiger partial charge in [0, 0.05) is 25.2 Å². The third kappa shape index (κ3) is 4.90. The maximum Gasteiger partial charge on any atom is 0.410 e. The van der Waals surface area contributed by atoms with E-state index in [4.69, 9.17) is 9.84 Å². The molecule has 1 aromatic carbocycles. The molecule has 212 valence electrons. The number of likely N-dealkylation sites (tertiary alicyclic amines) is 1. The van der Waals surface area contributed by atoms with Gasteiger partial charge in [-0.15, -0.1) is 5.10 Å². The number of urea groups is 1. The van der Waals surface area contributed by atoms with Gasteiger partial charge in [0.2, 0.25) is 0 Å². The van der Waals surface area contributed by atoms with E-state index in [1.165, 1.54) is 6.07 Å². The maximum absolute atomic E-state index is 14.6. The van der Waals surface area contributed by atoms with E-state index in [9.17, 15) is 18.4 Å². The molecule has 3 amide bonds. The lowest BCUT2D eigenvalue weighted by Crippen LogP contribution is -2.58. The Kier molecular flexibility index (Phi) is 7.16. The van der Waals surface area contributed by atoms with Gasteiger partial charge >= 0.3 is 12.1 Å². The smallest absolute Gasteiger partial charge is 0.410 e. The van der Waals surface area contributed by atoms with Crippen LogP contribution < -0.4 is 10.2 Å². The first-order valence-electron chi connectivity index (χ1n) is 14.0. The minimum atomic E-state index is -0.478. The molecule has 6 rings (SSSR count). The molecule has 3 saturated heterocycles. The van der Waals surface area contributed by atoms with Crippen molar-refractivity contribution in [3.05, 3.63) is 53.7 Å². The first-order chi connectivity index (χ1) is 19.4. The highest BCUT2D eigenvalue weighted by molar-refractivity contribution is 5.89. The first kappa shape index (κ1) is 26.3. The van der Waals surface area contributed by atoms with Crippen molar-refractivity contribution in [2.75, 3.05) is 36.5 Å². The standard InChI is InChI=1S/C28H33F2N7O3/c1-2-3-13-40-28(39)36-19-7-8-20(36)17-34(16-19)27(38)32-26-15-31-24-10-11-25(33-37(24)26)35-12-4-5-23(35)21-14-18(29)6-9-22(21)30/h6,9-11,14-15,19-20,23H,2-5,7-8,12-13,16-17H2,1H3,(H,32,38)/t19?,20?,23-/m1/s1. The van der Waals surface area contributed by atoms with Crippen molar-refractivity contribution in [1.29, 1.82) is 0 Å². The number of hydrogen-bond acceptors (Lipinski definition) is 6. The zero-order chi connectivity index (χ0) is 27.8. The molecule has 0 radical (unpaired) electrons. The van der Waals surface area contributed by atoms with Crippen LogP contribution in [0.3, 0.4) is 0 Å². The van der Waals surface area contributed by atoms with Crippen LogP contribution in [0, 0.1) is 11.6 Å². The van der Waals surface area contributed by atoms with Crippen molar-refractivity contribution < 1.29 is 23.1 Å². The van der Waals surface area contributed by atoms with Crippen LogP contribution in [0.25, 0.3) is 5.65 Å². The number of rotatable bonds is 6. The summed E-state index contributed by atoms with van der Waals surface area (Å²) >= 11 is 0. The second-order valence-corrected chi connectivity index (χ2v) is 10.7. The zero-order valence-corrected chi connectivity index (χ0v) is 22.4. The quantitative estimate of drug-likeness (QED) is 0.434. The molecule has 5 heterocycles. The number of ether oxygens (including phenoxy) is 1. The number of piperazine rings is 1. The van der Waals surface area contributed by atoms with E-state index in [2.05, 4.69) is 10.3 Å². The summed E-state index contributed by atoms with van der Waals surface area (Å²) in [7, 11) is 0. The van der Waals surface area contributed by atoms with E-state index >= 15 is 0 Å². The molecule has 3 aliphatic heterocycles. The lowest BCUT2D eigenvalue weighted by atomic mass is 10.0. The highest BCUT2D eigenvalue weighted by Gasteiger charge is 2.44. The van der Waals surface area contributed by atoms with Crippen molar-refractivity contribution in [2.24, 2.45) is 0 Å². The van der Waals surface area contributed by atoms with Crippen LogP contribution in [-0.4, -0.2) is 74.8 Å². The molecule has 2 aromatic heterocycles. The highest BCUT2D eigenvalue weighted by atomic mass is 19.1. The normalized spacial score (nSPS) is 22.3. The van der Waals surface area contributed by atoms with E-state index < -0.39 is 11.6 Å². The Morgan fingerprint density at radius 2 is 1.90 bits per heavy atom. The number of halogens is 2. The van der Waals surface area contributed by atoms with Crippen LogP contribution in [0.4, 0.5) is 30.0 Å². The number of imidazole rings is 1. The van der Waals surface area contributed by atoms with Crippen LogP contribution in [0.15, 0.2) is 36.5 Å². The summed E-state index contributed by atoms with van der Waals surface area (Å²) < 4.78 is 35.5. The molecule has 0 saturated carbocycles. The van der Waals surface area contributed by atoms with Crippen molar-refractivity contribution >= 4 is 29.4 Å². The fourth-order valence-corrected chi connectivity index (χ4v) is 6.17. The average molecular weight is 554 g/mol. The number of hydrogen-bond donors (Lipinski definition) is 1. The number of benzene rings is 1. The molecule has 3 fully saturated rings. The summed E-state index contributed by atoms with van der Waals surface area (Å²) in [5.74, 6) is 0.0656. The predicted octanol–water partition coefficient (Wildman–Crippen LogP) is 4.97. The van der Waals surface area contributed by atoms with Gasteiger partial charge in [0.05, 0.1) is 30.9 Å². The minimum Gasteiger partial charge on any atom is -0.449 e. The number of carbonyl (C=O) groups is 2. The molecule has 2 bridgehead atoms. The largest absolute Gasteiger partial charge is 0.449 e.